The number of fused-ring (bicyclic) bond motifs is 1. The summed E-state index contributed by atoms with van der Waals surface area (Å²) < 4.78 is 36.2. The van der Waals surface area contributed by atoms with Crippen molar-refractivity contribution in [1.82, 2.24) is 25.1 Å². The lowest BCUT2D eigenvalue weighted by Gasteiger charge is -2.21. The molecule has 1 amide bonds. The molecule has 5 rings (SSSR count). The van der Waals surface area contributed by atoms with Crippen LogP contribution in [0, 0.1) is 25.5 Å². The Balaban J connectivity index is 1.51. The van der Waals surface area contributed by atoms with E-state index < -0.39 is 23.5 Å². The van der Waals surface area contributed by atoms with Crippen molar-refractivity contribution in [3.8, 4) is 11.4 Å². The van der Waals surface area contributed by atoms with E-state index in [1.807, 2.05) is 6.92 Å². The van der Waals surface area contributed by atoms with E-state index in [9.17, 15) is 13.6 Å². The van der Waals surface area contributed by atoms with Gasteiger partial charge in [-0.25, -0.2) is 23.4 Å². The van der Waals surface area contributed by atoms with Gasteiger partial charge in [-0.05, 0) is 55.3 Å². The molecule has 0 aliphatic rings. The average molecular weight is 582 g/mol. The van der Waals surface area contributed by atoms with Crippen molar-refractivity contribution in [2.24, 2.45) is 0 Å². The van der Waals surface area contributed by atoms with Crippen LogP contribution >= 0.6 is 23.2 Å². The van der Waals surface area contributed by atoms with Gasteiger partial charge in [-0.1, -0.05) is 41.4 Å². The predicted octanol–water partition coefficient (Wildman–Crippen LogP) is 6.59. The van der Waals surface area contributed by atoms with Crippen molar-refractivity contribution in [2.75, 3.05) is 13.7 Å². The molecule has 2 aromatic heterocycles. The lowest BCUT2D eigenvalue weighted by molar-refractivity contribution is 0.0952. The first-order valence-corrected chi connectivity index (χ1v) is 13.0. The molecule has 204 valence electrons. The highest BCUT2D eigenvalue weighted by Gasteiger charge is 2.24. The second kappa shape index (κ2) is 11.2. The van der Waals surface area contributed by atoms with Crippen molar-refractivity contribution in [3.63, 3.8) is 0 Å². The summed E-state index contributed by atoms with van der Waals surface area (Å²) in [4.78, 5) is 22.0. The maximum absolute atomic E-state index is 14.9. The molecule has 0 bridgehead atoms. The molecule has 5 aromatic rings. The number of nitrogens with one attached hydrogen (secondary N) is 1. The summed E-state index contributed by atoms with van der Waals surface area (Å²) in [6.07, 6.45) is 1.51. The summed E-state index contributed by atoms with van der Waals surface area (Å²) in [6, 6.07) is 13.7. The van der Waals surface area contributed by atoms with Crippen molar-refractivity contribution in [3.05, 3.63) is 111 Å². The zero-order valence-electron chi connectivity index (χ0n) is 21.7. The standard InChI is InChI=1S/C29H23Cl2F2N5O2/c1-15-7-8-23(33)28-26(15)25(40-3)12-24(36-28)20(17-5-4-6-18(32)9-17)13-34-29(39)27-21(30)10-19(11-22(27)31)38-14-35-16(2)37-38/h4-12,14,20H,13H2,1-3H3,(H,34,39). The number of rotatable bonds is 7. The summed E-state index contributed by atoms with van der Waals surface area (Å²) in [5.41, 5.74) is 2.41. The minimum Gasteiger partial charge on any atom is -0.496 e. The SMILES string of the molecule is COc1cc(C(CNC(=O)c2c(Cl)cc(-n3cnc(C)n3)cc2Cl)c2cccc(F)c2)nc2c(F)ccc(C)c12. The third-order valence-corrected chi connectivity index (χ3v) is 7.12. The van der Waals surface area contributed by atoms with Gasteiger partial charge in [0.2, 0.25) is 0 Å². The molecule has 7 nitrogen and oxygen atoms in total. The minimum atomic E-state index is -0.659. The summed E-state index contributed by atoms with van der Waals surface area (Å²) in [7, 11) is 1.48. The van der Waals surface area contributed by atoms with Gasteiger partial charge in [0.05, 0.1) is 34.1 Å². The number of halogens is 4. The number of benzene rings is 3. The number of aromatic nitrogens is 4. The lowest BCUT2D eigenvalue weighted by Crippen LogP contribution is -2.30. The Morgan fingerprint density at radius 3 is 2.48 bits per heavy atom. The van der Waals surface area contributed by atoms with Crippen LogP contribution in [0.2, 0.25) is 10.0 Å². The fourth-order valence-corrected chi connectivity index (χ4v) is 5.22. The highest BCUT2D eigenvalue weighted by molar-refractivity contribution is 6.40. The van der Waals surface area contributed by atoms with Crippen molar-refractivity contribution in [2.45, 2.75) is 19.8 Å². The van der Waals surface area contributed by atoms with Crippen molar-refractivity contribution in [1.29, 1.82) is 0 Å². The fourth-order valence-electron chi connectivity index (χ4n) is 4.57. The van der Waals surface area contributed by atoms with Crippen LogP contribution in [0.1, 0.15) is 38.9 Å². The monoisotopic (exact) mass is 581 g/mol. The van der Waals surface area contributed by atoms with E-state index in [2.05, 4.69) is 20.4 Å². The van der Waals surface area contributed by atoms with Crippen molar-refractivity contribution < 1.29 is 18.3 Å². The highest BCUT2D eigenvalue weighted by atomic mass is 35.5. The van der Waals surface area contributed by atoms with Gasteiger partial charge in [0.25, 0.3) is 5.91 Å². The van der Waals surface area contributed by atoms with Crippen LogP contribution in [0.5, 0.6) is 5.75 Å². The third kappa shape index (κ3) is 5.35. The molecule has 0 saturated heterocycles. The van der Waals surface area contributed by atoms with Crippen molar-refractivity contribution >= 4 is 40.0 Å². The number of pyridine rings is 1. The van der Waals surface area contributed by atoms with E-state index in [0.717, 1.165) is 5.56 Å². The molecule has 3 aromatic carbocycles. The van der Waals surface area contributed by atoms with Crippen LogP contribution < -0.4 is 10.1 Å². The number of ether oxygens (including phenoxy) is 1. The van der Waals surface area contributed by atoms with Crippen LogP contribution in [0.25, 0.3) is 16.6 Å². The number of carbonyl (C=O) groups is 1. The molecular weight excluding hydrogens is 559 g/mol. The van der Waals surface area contributed by atoms with Gasteiger partial charge >= 0.3 is 0 Å². The van der Waals surface area contributed by atoms with E-state index in [1.165, 1.54) is 36.3 Å². The van der Waals surface area contributed by atoms with E-state index in [4.69, 9.17) is 27.9 Å². The minimum absolute atomic E-state index is 0.0198. The Morgan fingerprint density at radius 2 is 1.82 bits per heavy atom. The summed E-state index contributed by atoms with van der Waals surface area (Å²) >= 11 is 12.9. The van der Waals surface area contributed by atoms with Gasteiger partial charge in [-0.3, -0.25) is 4.79 Å². The zero-order chi connectivity index (χ0) is 28.6. The third-order valence-electron chi connectivity index (χ3n) is 6.52. The first kappa shape index (κ1) is 27.5. The van der Waals surface area contributed by atoms with Gasteiger partial charge in [0, 0.05) is 23.9 Å². The predicted molar refractivity (Wildman–Crippen MR) is 150 cm³/mol. The first-order chi connectivity index (χ1) is 19.2. The normalized spacial score (nSPS) is 12.0. The molecule has 0 aliphatic heterocycles. The number of hydrogen-bond donors (Lipinski definition) is 1. The van der Waals surface area contributed by atoms with E-state index in [-0.39, 0.29) is 27.7 Å². The summed E-state index contributed by atoms with van der Waals surface area (Å²) in [5.74, 6) is -1.22. The number of amides is 1. The van der Waals surface area contributed by atoms with Crippen LogP contribution in [0.3, 0.4) is 0 Å². The highest BCUT2D eigenvalue weighted by Crippen LogP contribution is 2.35. The van der Waals surface area contributed by atoms with Gasteiger partial charge in [-0.15, -0.1) is 0 Å². The van der Waals surface area contributed by atoms with Crippen LogP contribution in [0.15, 0.2) is 60.9 Å². The first-order valence-electron chi connectivity index (χ1n) is 12.2. The number of methoxy groups -OCH3 is 1. The number of hydrogen-bond acceptors (Lipinski definition) is 5. The largest absolute Gasteiger partial charge is 0.496 e. The summed E-state index contributed by atoms with van der Waals surface area (Å²) in [6.45, 7) is 3.55. The Labute approximate surface area is 238 Å². The molecule has 1 atom stereocenters. The quantitative estimate of drug-likeness (QED) is 0.234. The van der Waals surface area contributed by atoms with E-state index >= 15 is 0 Å². The Kier molecular flexibility index (Phi) is 7.69. The maximum Gasteiger partial charge on any atom is 0.254 e. The second-order valence-corrected chi connectivity index (χ2v) is 9.99. The molecule has 1 N–H and O–H groups in total. The lowest BCUT2D eigenvalue weighted by atomic mass is 9.93. The molecule has 40 heavy (non-hydrogen) atoms. The number of aryl methyl sites for hydroxylation is 2. The molecule has 0 spiro atoms. The van der Waals surface area contributed by atoms with Crippen LogP contribution in [-0.2, 0) is 0 Å². The smallest absolute Gasteiger partial charge is 0.254 e. The number of carbonyl (C=O) groups excluding carboxylic acids is 1. The fraction of sp³-hybridized carbons (Fsp3) is 0.172. The molecule has 0 aliphatic carbocycles. The van der Waals surface area contributed by atoms with Crippen LogP contribution in [0.4, 0.5) is 8.78 Å². The van der Waals surface area contributed by atoms with Gasteiger partial charge in [-0.2, -0.15) is 5.10 Å². The van der Waals surface area contributed by atoms with Gasteiger partial charge in [0.15, 0.2) is 0 Å². The maximum atomic E-state index is 14.9. The van der Waals surface area contributed by atoms with Gasteiger partial charge < -0.3 is 10.1 Å². The molecule has 1 unspecified atom stereocenters. The topological polar surface area (TPSA) is 81.9 Å². The second-order valence-electron chi connectivity index (χ2n) is 9.18. The Hall–Kier alpha value is -4.08. The Bertz CT molecular complexity index is 1740. The molecule has 0 fully saturated rings. The zero-order valence-corrected chi connectivity index (χ0v) is 23.2. The molecular formula is C29H23Cl2F2N5O2. The van der Waals surface area contributed by atoms with E-state index in [1.54, 1.807) is 43.3 Å². The average Bonchev–Trinajstić information content (AvgIpc) is 3.36. The molecule has 0 radical (unpaired) electrons. The summed E-state index contributed by atoms with van der Waals surface area (Å²) in [5, 5.41) is 7.82. The molecule has 0 saturated carbocycles. The number of nitrogens with zero attached hydrogens (tertiary/aromatic N) is 4. The van der Waals surface area contributed by atoms with E-state index in [0.29, 0.717) is 33.9 Å². The Morgan fingerprint density at radius 1 is 1.07 bits per heavy atom. The van der Waals surface area contributed by atoms with Crippen LogP contribution in [-0.4, -0.2) is 39.3 Å². The van der Waals surface area contributed by atoms with Gasteiger partial charge in [0.1, 0.15) is 35.1 Å². The molecule has 2 heterocycles. The molecule has 11 heteroatoms.